The second-order valence-electron chi connectivity index (χ2n) is 5.10. The van der Waals surface area contributed by atoms with E-state index in [9.17, 15) is 14.4 Å². The molecule has 2 aromatic heterocycles. The summed E-state index contributed by atoms with van der Waals surface area (Å²) in [5.74, 6) is -2.02. The SMILES string of the molecule is COC(=O)c1c(C(=O)OC)c2cccnn2c1C(=O)c1ccccc1. The maximum absolute atomic E-state index is 13.0. The lowest BCUT2D eigenvalue weighted by Gasteiger charge is -2.05. The fourth-order valence-corrected chi connectivity index (χ4v) is 2.64. The predicted octanol–water partition coefficient (Wildman–Crippen LogP) is 2.14. The van der Waals surface area contributed by atoms with Crippen molar-refractivity contribution in [1.82, 2.24) is 9.61 Å². The van der Waals surface area contributed by atoms with Crippen molar-refractivity contribution in [1.29, 1.82) is 0 Å². The molecule has 0 fully saturated rings. The number of benzene rings is 1. The number of rotatable bonds is 4. The van der Waals surface area contributed by atoms with Gasteiger partial charge in [0, 0.05) is 11.8 Å². The molecule has 0 aliphatic carbocycles. The monoisotopic (exact) mass is 338 g/mol. The summed E-state index contributed by atoms with van der Waals surface area (Å²) in [5, 5.41) is 4.12. The molecular weight excluding hydrogens is 324 g/mol. The molecule has 0 bridgehead atoms. The van der Waals surface area contributed by atoms with Gasteiger partial charge >= 0.3 is 11.9 Å². The molecule has 1 aromatic carbocycles. The molecule has 3 rings (SSSR count). The van der Waals surface area contributed by atoms with Gasteiger partial charge < -0.3 is 9.47 Å². The Labute approximate surface area is 142 Å². The summed E-state index contributed by atoms with van der Waals surface area (Å²) in [4.78, 5) is 37.6. The maximum atomic E-state index is 13.0. The van der Waals surface area contributed by atoms with Crippen molar-refractivity contribution in [2.45, 2.75) is 0 Å². The third-order valence-electron chi connectivity index (χ3n) is 3.74. The molecule has 0 aliphatic heterocycles. The summed E-state index contributed by atoms with van der Waals surface area (Å²) < 4.78 is 10.8. The van der Waals surface area contributed by atoms with E-state index >= 15 is 0 Å². The Morgan fingerprint density at radius 3 is 2.16 bits per heavy atom. The van der Waals surface area contributed by atoms with Crippen LogP contribution in [0.4, 0.5) is 0 Å². The number of hydrogen-bond acceptors (Lipinski definition) is 6. The van der Waals surface area contributed by atoms with Crippen molar-refractivity contribution in [2.75, 3.05) is 14.2 Å². The molecule has 25 heavy (non-hydrogen) atoms. The van der Waals surface area contributed by atoms with E-state index in [0.29, 0.717) is 5.56 Å². The molecule has 0 saturated carbocycles. The summed E-state index contributed by atoms with van der Waals surface area (Å²) in [6.07, 6.45) is 1.46. The molecule has 0 radical (unpaired) electrons. The number of carbonyl (C=O) groups excluding carboxylic acids is 3. The largest absolute Gasteiger partial charge is 0.465 e. The number of aromatic nitrogens is 2. The Morgan fingerprint density at radius 2 is 1.52 bits per heavy atom. The van der Waals surface area contributed by atoms with Crippen LogP contribution in [0.2, 0.25) is 0 Å². The topological polar surface area (TPSA) is 87.0 Å². The first-order valence-electron chi connectivity index (χ1n) is 7.36. The molecule has 3 aromatic rings. The molecule has 7 nitrogen and oxygen atoms in total. The van der Waals surface area contributed by atoms with Gasteiger partial charge in [0.25, 0.3) is 0 Å². The molecule has 126 valence electrons. The Hall–Kier alpha value is -3.48. The first kappa shape index (κ1) is 16.4. The number of hydrogen-bond donors (Lipinski definition) is 0. The smallest absolute Gasteiger partial charge is 0.341 e. The number of methoxy groups -OCH3 is 2. The molecule has 0 aliphatic rings. The number of ether oxygens (including phenoxy) is 2. The normalized spacial score (nSPS) is 10.5. The van der Waals surface area contributed by atoms with Crippen LogP contribution in [-0.2, 0) is 9.47 Å². The first-order chi connectivity index (χ1) is 12.1. The van der Waals surface area contributed by atoms with E-state index in [1.54, 1.807) is 42.5 Å². The van der Waals surface area contributed by atoms with Crippen LogP contribution in [0.1, 0.15) is 36.8 Å². The van der Waals surface area contributed by atoms with Crippen molar-refractivity contribution in [2.24, 2.45) is 0 Å². The second-order valence-corrected chi connectivity index (χ2v) is 5.10. The van der Waals surface area contributed by atoms with Crippen molar-refractivity contribution in [3.63, 3.8) is 0 Å². The van der Waals surface area contributed by atoms with E-state index in [2.05, 4.69) is 5.10 Å². The highest BCUT2D eigenvalue weighted by atomic mass is 16.5. The molecule has 7 heteroatoms. The molecule has 0 unspecified atom stereocenters. The van der Waals surface area contributed by atoms with Crippen molar-refractivity contribution in [3.05, 3.63) is 71.0 Å². The minimum Gasteiger partial charge on any atom is -0.465 e. The zero-order valence-corrected chi connectivity index (χ0v) is 13.6. The predicted molar refractivity (Wildman–Crippen MR) is 87.7 cm³/mol. The van der Waals surface area contributed by atoms with Crippen molar-refractivity contribution < 1.29 is 23.9 Å². The van der Waals surface area contributed by atoms with Crippen molar-refractivity contribution >= 4 is 23.2 Å². The highest BCUT2D eigenvalue weighted by Crippen LogP contribution is 2.27. The Balaban J connectivity index is 2.39. The number of carbonyl (C=O) groups is 3. The van der Waals surface area contributed by atoms with Gasteiger partial charge in [0.15, 0.2) is 0 Å². The molecular formula is C18H14N2O5. The number of esters is 2. The highest BCUT2D eigenvalue weighted by molar-refractivity contribution is 6.19. The van der Waals surface area contributed by atoms with Crippen LogP contribution >= 0.6 is 0 Å². The van der Waals surface area contributed by atoms with Gasteiger partial charge in [0.2, 0.25) is 5.78 Å². The standard InChI is InChI=1S/C18H14N2O5/c1-24-17(22)13-12-9-6-10-19-20(12)15(14(13)18(23)25-2)16(21)11-7-4-3-5-8-11/h3-10H,1-2H3. The van der Waals surface area contributed by atoms with Crippen molar-refractivity contribution in [3.8, 4) is 0 Å². The van der Waals surface area contributed by atoms with Crippen LogP contribution in [-0.4, -0.2) is 41.6 Å². The van der Waals surface area contributed by atoms with Gasteiger partial charge in [0.05, 0.1) is 19.7 Å². The number of ketones is 1. The van der Waals surface area contributed by atoms with Gasteiger partial charge in [-0.25, -0.2) is 14.1 Å². The summed E-state index contributed by atoms with van der Waals surface area (Å²) in [6.45, 7) is 0. The summed E-state index contributed by atoms with van der Waals surface area (Å²) >= 11 is 0. The van der Waals surface area contributed by atoms with Crippen LogP contribution in [0.15, 0.2) is 48.7 Å². The number of nitrogens with zero attached hydrogens (tertiary/aromatic N) is 2. The average Bonchev–Trinajstić information content (AvgIpc) is 3.02. The average molecular weight is 338 g/mol. The third kappa shape index (κ3) is 2.65. The summed E-state index contributed by atoms with van der Waals surface area (Å²) in [6, 6.07) is 11.6. The Bertz CT molecular complexity index is 976. The Morgan fingerprint density at radius 1 is 0.880 bits per heavy atom. The van der Waals surface area contributed by atoms with Gasteiger partial charge in [-0.1, -0.05) is 30.3 Å². The fourth-order valence-electron chi connectivity index (χ4n) is 2.64. The molecule has 0 atom stereocenters. The summed E-state index contributed by atoms with van der Waals surface area (Å²) in [5.41, 5.74) is 0.376. The molecule has 0 amide bonds. The Kier molecular flexibility index (Phi) is 4.30. The number of fused-ring (bicyclic) bond motifs is 1. The molecule has 0 N–H and O–H groups in total. The lowest BCUT2D eigenvalue weighted by Crippen LogP contribution is -2.15. The van der Waals surface area contributed by atoms with Gasteiger partial charge in [-0.3, -0.25) is 4.79 Å². The third-order valence-corrected chi connectivity index (χ3v) is 3.74. The zero-order chi connectivity index (χ0) is 18.0. The first-order valence-corrected chi connectivity index (χ1v) is 7.36. The van der Waals surface area contributed by atoms with Gasteiger partial charge in [-0.05, 0) is 12.1 Å². The van der Waals surface area contributed by atoms with E-state index in [1.807, 2.05) is 0 Å². The van der Waals surface area contributed by atoms with Crippen LogP contribution in [0, 0.1) is 0 Å². The van der Waals surface area contributed by atoms with Crippen LogP contribution in [0.3, 0.4) is 0 Å². The van der Waals surface area contributed by atoms with E-state index in [-0.39, 0.29) is 22.3 Å². The summed E-state index contributed by atoms with van der Waals surface area (Å²) in [7, 11) is 2.37. The van der Waals surface area contributed by atoms with Crippen LogP contribution in [0.5, 0.6) is 0 Å². The molecule has 0 spiro atoms. The highest BCUT2D eigenvalue weighted by Gasteiger charge is 2.33. The second kappa shape index (κ2) is 6.56. The zero-order valence-electron chi connectivity index (χ0n) is 13.6. The minimum atomic E-state index is -0.815. The van der Waals surface area contributed by atoms with E-state index in [1.165, 1.54) is 24.9 Å². The van der Waals surface area contributed by atoms with Gasteiger partial charge in [-0.15, -0.1) is 0 Å². The van der Waals surface area contributed by atoms with E-state index < -0.39 is 17.7 Å². The van der Waals surface area contributed by atoms with Crippen LogP contribution in [0.25, 0.3) is 5.52 Å². The molecule has 2 heterocycles. The fraction of sp³-hybridized carbons (Fsp3) is 0.111. The quantitative estimate of drug-likeness (QED) is 0.535. The van der Waals surface area contributed by atoms with Gasteiger partial charge in [-0.2, -0.15) is 5.10 Å². The van der Waals surface area contributed by atoms with Crippen LogP contribution < -0.4 is 0 Å². The lowest BCUT2D eigenvalue weighted by molar-refractivity contribution is 0.0556. The van der Waals surface area contributed by atoms with E-state index in [4.69, 9.17) is 9.47 Å². The molecule has 0 saturated heterocycles. The minimum absolute atomic E-state index is 0.0472. The van der Waals surface area contributed by atoms with E-state index in [0.717, 1.165) is 0 Å². The lowest BCUT2D eigenvalue weighted by atomic mass is 10.0. The maximum Gasteiger partial charge on any atom is 0.341 e. The van der Waals surface area contributed by atoms with Gasteiger partial charge in [0.1, 0.15) is 16.8 Å².